The number of anilines is 1. The molecule has 46 heavy (non-hydrogen) atoms. The van der Waals surface area contributed by atoms with Crippen LogP contribution in [0.1, 0.15) is 33.4 Å². The number of rotatable bonds is 8. The lowest BCUT2D eigenvalue weighted by Gasteiger charge is -2.37. The average molecular weight is 667 g/mol. The molecule has 11 heteroatoms. The van der Waals surface area contributed by atoms with Gasteiger partial charge in [0, 0.05) is 46.8 Å². The van der Waals surface area contributed by atoms with E-state index in [1.165, 1.54) is 11.3 Å². The highest BCUT2D eigenvalue weighted by molar-refractivity contribution is 7.99. The van der Waals surface area contributed by atoms with Gasteiger partial charge in [-0.15, -0.1) is 23.1 Å². The first-order chi connectivity index (χ1) is 22.4. The van der Waals surface area contributed by atoms with Gasteiger partial charge in [-0.05, 0) is 66.4 Å². The number of imidazole rings is 1. The molecule has 0 bridgehead atoms. The predicted molar refractivity (Wildman–Crippen MR) is 189 cm³/mol. The lowest BCUT2D eigenvalue weighted by atomic mass is 9.98. The smallest absolute Gasteiger partial charge is 0.323 e. The largest absolute Gasteiger partial charge is 0.336 e. The Balaban J connectivity index is 1.36. The standard InChI is InChI=1S/C35H34N6O2S3/c1-35(13-5-8-30-27(19-35)18-32(46-30)33(42)39-14-16-45-17-15-39)41(34(43)38-29-6-3-4-7-31(29)44-2)23-28-21-37-24-40(28)22-26-11-9-25(20-36)10-12-26/h3-13,18-19,21,24H,14-17,22-23H2,1-2H3,(H,38,43). The van der Waals surface area contributed by atoms with Crippen molar-refractivity contribution >= 4 is 64.6 Å². The van der Waals surface area contributed by atoms with Crippen molar-refractivity contribution in [3.8, 4) is 6.07 Å². The van der Waals surface area contributed by atoms with Crippen LogP contribution in [0.15, 0.2) is 84.2 Å². The van der Waals surface area contributed by atoms with Crippen LogP contribution >= 0.6 is 34.9 Å². The molecule has 0 spiro atoms. The van der Waals surface area contributed by atoms with Crippen molar-refractivity contribution in [1.82, 2.24) is 19.4 Å². The summed E-state index contributed by atoms with van der Waals surface area (Å²) in [6, 6.07) is 19.1. The van der Waals surface area contributed by atoms with Crippen molar-refractivity contribution < 1.29 is 9.59 Å². The molecule has 3 heterocycles. The van der Waals surface area contributed by atoms with Crippen LogP contribution in [0.2, 0.25) is 0 Å². The number of benzene rings is 2. The number of allylic oxidation sites excluding steroid dienone is 1. The molecule has 1 unspecified atom stereocenters. The van der Waals surface area contributed by atoms with Crippen LogP contribution in [0.25, 0.3) is 12.2 Å². The molecule has 1 aliphatic heterocycles. The Morgan fingerprint density at radius 3 is 2.70 bits per heavy atom. The zero-order valence-electron chi connectivity index (χ0n) is 25.7. The van der Waals surface area contributed by atoms with Gasteiger partial charge in [0.1, 0.15) is 0 Å². The topological polar surface area (TPSA) is 94.3 Å². The van der Waals surface area contributed by atoms with Gasteiger partial charge in [-0.1, -0.05) is 36.4 Å². The third-order valence-corrected chi connectivity index (χ3v) is 11.0. The molecular weight excluding hydrogens is 633 g/mol. The second-order valence-corrected chi connectivity index (χ2v) is 14.4. The van der Waals surface area contributed by atoms with Crippen LogP contribution in [0.5, 0.6) is 0 Å². The summed E-state index contributed by atoms with van der Waals surface area (Å²) in [6.45, 7) is 4.37. The summed E-state index contributed by atoms with van der Waals surface area (Å²) in [4.78, 5) is 37.6. The number of nitrogens with zero attached hydrogens (tertiary/aromatic N) is 5. The molecule has 6 rings (SSSR count). The second-order valence-electron chi connectivity index (χ2n) is 11.3. The first-order valence-electron chi connectivity index (χ1n) is 15.0. The fourth-order valence-corrected chi connectivity index (χ4v) is 8.09. The molecule has 234 valence electrons. The highest BCUT2D eigenvalue weighted by Crippen LogP contribution is 2.29. The molecule has 3 amide bonds. The number of thiophene rings is 1. The number of carbonyl (C=O) groups is 2. The van der Waals surface area contributed by atoms with Crippen molar-refractivity contribution in [2.45, 2.75) is 30.4 Å². The number of hydrogen-bond donors (Lipinski definition) is 1. The lowest BCUT2D eigenvalue weighted by Crippen LogP contribution is -2.49. The van der Waals surface area contributed by atoms with Gasteiger partial charge in [0.25, 0.3) is 5.91 Å². The second kappa shape index (κ2) is 14.0. The molecule has 0 saturated carbocycles. The SMILES string of the molecule is CSc1ccccc1NC(=O)N(Cc1cncn1Cc1ccc(C#N)cc1)C1(C)C=CC=c2sc(C(=O)N3CCSCC3)cc2=C1. The minimum Gasteiger partial charge on any atom is -0.336 e. The van der Waals surface area contributed by atoms with Gasteiger partial charge in [0.15, 0.2) is 0 Å². The molecule has 1 atom stereocenters. The number of fused-ring (bicyclic) bond motifs is 1. The van der Waals surface area contributed by atoms with Gasteiger partial charge >= 0.3 is 6.03 Å². The van der Waals surface area contributed by atoms with E-state index in [0.29, 0.717) is 17.0 Å². The highest BCUT2D eigenvalue weighted by Gasteiger charge is 2.33. The maximum atomic E-state index is 14.3. The van der Waals surface area contributed by atoms with Crippen LogP contribution in [-0.4, -0.2) is 67.7 Å². The number of para-hydroxylation sites is 1. The number of carbonyl (C=O) groups excluding carboxylic acids is 2. The first kappa shape index (κ1) is 31.7. The van der Waals surface area contributed by atoms with Crippen LogP contribution < -0.4 is 15.1 Å². The number of nitriles is 1. The molecular formula is C35H34N6O2S3. The Morgan fingerprint density at radius 2 is 1.93 bits per heavy atom. The monoisotopic (exact) mass is 666 g/mol. The molecule has 1 fully saturated rings. The Morgan fingerprint density at radius 1 is 1.15 bits per heavy atom. The molecule has 1 saturated heterocycles. The number of urea groups is 1. The molecule has 4 aromatic rings. The molecule has 1 aliphatic carbocycles. The number of amides is 3. The van der Waals surface area contributed by atoms with Gasteiger partial charge in [-0.2, -0.15) is 17.0 Å². The third-order valence-electron chi connectivity index (χ3n) is 8.16. The van der Waals surface area contributed by atoms with E-state index in [4.69, 9.17) is 0 Å². The Labute approximate surface area is 281 Å². The lowest BCUT2D eigenvalue weighted by molar-refractivity contribution is 0.0777. The van der Waals surface area contributed by atoms with Crippen LogP contribution in [0.3, 0.4) is 0 Å². The van der Waals surface area contributed by atoms with E-state index in [1.807, 2.05) is 100 Å². The minimum atomic E-state index is -0.840. The van der Waals surface area contributed by atoms with Crippen LogP contribution in [0, 0.1) is 11.3 Å². The molecule has 1 N–H and O–H groups in total. The molecule has 8 nitrogen and oxygen atoms in total. The Bertz CT molecular complexity index is 1940. The number of nitrogens with one attached hydrogen (secondary N) is 1. The average Bonchev–Trinajstić information content (AvgIpc) is 3.66. The number of hydrogen-bond acceptors (Lipinski definition) is 7. The van der Waals surface area contributed by atoms with E-state index in [-0.39, 0.29) is 18.5 Å². The van der Waals surface area contributed by atoms with Gasteiger partial charge in [-0.3, -0.25) is 4.79 Å². The van der Waals surface area contributed by atoms with Gasteiger partial charge in [0.2, 0.25) is 0 Å². The summed E-state index contributed by atoms with van der Waals surface area (Å²) in [5.41, 5.74) is 2.39. The molecule has 0 radical (unpaired) electrons. The maximum Gasteiger partial charge on any atom is 0.323 e. The van der Waals surface area contributed by atoms with Crippen molar-refractivity contribution in [3.05, 3.63) is 111 Å². The normalized spacial score (nSPS) is 17.2. The zero-order valence-corrected chi connectivity index (χ0v) is 28.1. The summed E-state index contributed by atoms with van der Waals surface area (Å²) in [5.74, 6) is 1.99. The quantitative estimate of drug-likeness (QED) is 0.253. The summed E-state index contributed by atoms with van der Waals surface area (Å²) < 4.78 is 3.02. The third kappa shape index (κ3) is 6.94. The van der Waals surface area contributed by atoms with E-state index < -0.39 is 5.54 Å². The Hall–Kier alpha value is -4.24. The van der Waals surface area contributed by atoms with Crippen molar-refractivity contribution in [1.29, 1.82) is 5.26 Å². The van der Waals surface area contributed by atoms with Crippen molar-refractivity contribution in [2.24, 2.45) is 0 Å². The summed E-state index contributed by atoms with van der Waals surface area (Å²) >= 11 is 4.95. The van der Waals surface area contributed by atoms with Gasteiger partial charge in [-0.25, -0.2) is 9.78 Å². The van der Waals surface area contributed by atoms with Crippen LogP contribution in [0.4, 0.5) is 10.5 Å². The highest BCUT2D eigenvalue weighted by atomic mass is 32.2. The van der Waals surface area contributed by atoms with E-state index >= 15 is 0 Å². The molecule has 2 aliphatic rings. The van der Waals surface area contributed by atoms with Crippen molar-refractivity contribution in [2.75, 3.05) is 36.2 Å². The van der Waals surface area contributed by atoms with E-state index in [9.17, 15) is 14.9 Å². The molecule has 2 aromatic carbocycles. The molecule has 2 aromatic heterocycles. The van der Waals surface area contributed by atoms with Crippen LogP contribution in [-0.2, 0) is 13.1 Å². The fourth-order valence-electron chi connectivity index (χ4n) is 5.61. The van der Waals surface area contributed by atoms with Gasteiger partial charge < -0.3 is 19.7 Å². The number of thioether (sulfide) groups is 2. The Kier molecular flexibility index (Phi) is 9.68. The van der Waals surface area contributed by atoms with Gasteiger partial charge in [0.05, 0.1) is 46.3 Å². The first-order valence-corrected chi connectivity index (χ1v) is 18.2. The van der Waals surface area contributed by atoms with E-state index in [0.717, 1.165) is 56.2 Å². The minimum absolute atomic E-state index is 0.0702. The van der Waals surface area contributed by atoms with Crippen molar-refractivity contribution in [3.63, 3.8) is 0 Å². The maximum absolute atomic E-state index is 14.3. The fraction of sp³-hybridized carbons (Fsp3) is 0.257. The predicted octanol–water partition coefficient (Wildman–Crippen LogP) is 5.40. The zero-order chi connectivity index (χ0) is 32.1. The summed E-state index contributed by atoms with van der Waals surface area (Å²) in [6.07, 6.45) is 13.7. The van der Waals surface area contributed by atoms with E-state index in [1.54, 1.807) is 36.4 Å². The summed E-state index contributed by atoms with van der Waals surface area (Å²) in [5, 5.41) is 13.3. The number of aromatic nitrogens is 2. The summed E-state index contributed by atoms with van der Waals surface area (Å²) in [7, 11) is 0. The van der Waals surface area contributed by atoms with E-state index in [2.05, 4.69) is 22.4 Å².